The molecule has 0 aliphatic heterocycles. The Labute approximate surface area is 158 Å². The van der Waals surface area contributed by atoms with Gasteiger partial charge in [0.15, 0.2) is 5.69 Å². The third-order valence-electron chi connectivity index (χ3n) is 4.41. The van der Waals surface area contributed by atoms with E-state index in [0.717, 1.165) is 11.3 Å². The molecule has 136 valence electrons. The van der Waals surface area contributed by atoms with Gasteiger partial charge in [0, 0.05) is 18.5 Å². The largest absolute Gasteiger partial charge is 0.349 e. The van der Waals surface area contributed by atoms with Crippen molar-refractivity contribution in [2.75, 3.05) is 20.6 Å². The van der Waals surface area contributed by atoms with Crippen LogP contribution in [0.25, 0.3) is 11.3 Å². The van der Waals surface area contributed by atoms with Gasteiger partial charge in [-0.2, -0.15) is 5.10 Å². The van der Waals surface area contributed by atoms with Crippen LogP contribution in [0.1, 0.15) is 27.0 Å². The predicted molar refractivity (Wildman–Crippen MR) is 106 cm³/mol. The SMILES string of the molecule is Cc1ccc(-c2cc(C(=O)NCC(c3cccs3)N(C)C)nn2C)cc1. The normalized spacial score (nSPS) is 12.3. The van der Waals surface area contributed by atoms with E-state index in [0.29, 0.717) is 12.2 Å². The molecule has 1 N–H and O–H groups in total. The molecule has 0 aliphatic carbocycles. The second-order valence-electron chi connectivity index (χ2n) is 6.61. The number of carbonyl (C=O) groups excluding carboxylic acids is 1. The molecule has 26 heavy (non-hydrogen) atoms. The second kappa shape index (κ2) is 7.85. The highest BCUT2D eigenvalue weighted by Crippen LogP contribution is 2.23. The first kappa shape index (κ1) is 18.4. The number of likely N-dealkylation sites (N-methyl/N-ethyl adjacent to an activating group) is 1. The molecule has 2 heterocycles. The summed E-state index contributed by atoms with van der Waals surface area (Å²) in [7, 11) is 5.90. The van der Waals surface area contributed by atoms with Gasteiger partial charge in [-0.3, -0.25) is 9.48 Å². The minimum atomic E-state index is -0.151. The van der Waals surface area contributed by atoms with E-state index in [1.807, 2.05) is 45.4 Å². The van der Waals surface area contributed by atoms with Gasteiger partial charge in [0.05, 0.1) is 11.7 Å². The molecule has 0 saturated heterocycles. The maximum atomic E-state index is 12.6. The number of amides is 1. The standard InChI is InChI=1S/C20H24N4OS/c1-14-7-9-15(10-8-14)17-12-16(22-24(17)4)20(25)21-13-18(23(2)3)19-6-5-11-26-19/h5-12,18H,13H2,1-4H3,(H,21,25). The Bertz CT molecular complexity index is 866. The van der Waals surface area contributed by atoms with Crippen molar-refractivity contribution in [1.82, 2.24) is 20.0 Å². The molecule has 1 unspecified atom stereocenters. The minimum absolute atomic E-state index is 0.151. The van der Waals surface area contributed by atoms with Crippen LogP contribution in [0, 0.1) is 6.92 Å². The molecular formula is C20H24N4OS. The number of rotatable bonds is 6. The van der Waals surface area contributed by atoms with E-state index in [-0.39, 0.29) is 11.9 Å². The van der Waals surface area contributed by atoms with Crippen LogP contribution in [0.2, 0.25) is 0 Å². The number of hydrogen-bond donors (Lipinski definition) is 1. The second-order valence-corrected chi connectivity index (χ2v) is 7.59. The molecule has 0 bridgehead atoms. The highest BCUT2D eigenvalue weighted by Gasteiger charge is 2.19. The van der Waals surface area contributed by atoms with Crippen molar-refractivity contribution < 1.29 is 4.79 Å². The van der Waals surface area contributed by atoms with Crippen molar-refractivity contribution >= 4 is 17.2 Å². The lowest BCUT2D eigenvalue weighted by atomic mass is 10.1. The number of thiophene rings is 1. The third kappa shape index (κ3) is 4.03. The molecule has 0 fully saturated rings. The van der Waals surface area contributed by atoms with Gasteiger partial charge in [0.1, 0.15) is 0 Å². The van der Waals surface area contributed by atoms with E-state index < -0.39 is 0 Å². The summed E-state index contributed by atoms with van der Waals surface area (Å²) in [5, 5.41) is 9.46. The van der Waals surface area contributed by atoms with Crippen LogP contribution >= 0.6 is 11.3 Å². The van der Waals surface area contributed by atoms with Gasteiger partial charge < -0.3 is 10.2 Å². The zero-order valence-corrected chi connectivity index (χ0v) is 16.4. The predicted octanol–water partition coefficient (Wildman–Crippen LogP) is 3.49. The lowest BCUT2D eigenvalue weighted by Crippen LogP contribution is -2.34. The van der Waals surface area contributed by atoms with Crippen LogP contribution in [0.3, 0.4) is 0 Å². The zero-order chi connectivity index (χ0) is 18.7. The summed E-state index contributed by atoms with van der Waals surface area (Å²) in [6, 6.07) is 14.3. The van der Waals surface area contributed by atoms with E-state index in [1.165, 1.54) is 10.4 Å². The summed E-state index contributed by atoms with van der Waals surface area (Å²) in [6.07, 6.45) is 0. The van der Waals surface area contributed by atoms with Gasteiger partial charge in [-0.15, -0.1) is 11.3 Å². The fourth-order valence-electron chi connectivity index (χ4n) is 2.87. The fourth-order valence-corrected chi connectivity index (χ4v) is 3.79. The summed E-state index contributed by atoms with van der Waals surface area (Å²) >= 11 is 1.70. The number of aryl methyl sites for hydroxylation is 2. The van der Waals surface area contributed by atoms with Gasteiger partial charge in [0.2, 0.25) is 0 Å². The van der Waals surface area contributed by atoms with Crippen molar-refractivity contribution in [1.29, 1.82) is 0 Å². The zero-order valence-electron chi connectivity index (χ0n) is 15.6. The number of hydrogen-bond acceptors (Lipinski definition) is 4. The van der Waals surface area contributed by atoms with E-state index in [9.17, 15) is 4.79 Å². The monoisotopic (exact) mass is 368 g/mol. The molecule has 1 aromatic carbocycles. The molecule has 0 radical (unpaired) electrons. The molecule has 0 aliphatic rings. The number of aromatic nitrogens is 2. The first-order valence-corrected chi connectivity index (χ1v) is 9.43. The van der Waals surface area contributed by atoms with E-state index in [4.69, 9.17) is 0 Å². The molecule has 3 aromatic rings. The summed E-state index contributed by atoms with van der Waals surface area (Å²) in [5.74, 6) is -0.151. The van der Waals surface area contributed by atoms with Crippen molar-refractivity contribution in [3.63, 3.8) is 0 Å². The van der Waals surface area contributed by atoms with E-state index in [1.54, 1.807) is 16.0 Å². The van der Waals surface area contributed by atoms with Crippen LogP contribution in [0.5, 0.6) is 0 Å². The summed E-state index contributed by atoms with van der Waals surface area (Å²) in [5.41, 5.74) is 3.62. The maximum Gasteiger partial charge on any atom is 0.271 e. The Morgan fingerprint density at radius 3 is 2.62 bits per heavy atom. The Balaban J connectivity index is 1.72. The van der Waals surface area contributed by atoms with Crippen LogP contribution in [-0.4, -0.2) is 41.2 Å². The number of nitrogens with zero attached hydrogens (tertiary/aromatic N) is 3. The third-order valence-corrected chi connectivity index (χ3v) is 5.38. The molecule has 3 rings (SSSR count). The highest BCUT2D eigenvalue weighted by atomic mass is 32.1. The molecule has 0 saturated carbocycles. The minimum Gasteiger partial charge on any atom is -0.349 e. The Morgan fingerprint density at radius 2 is 2.00 bits per heavy atom. The maximum absolute atomic E-state index is 12.6. The molecular weight excluding hydrogens is 344 g/mol. The van der Waals surface area contributed by atoms with E-state index in [2.05, 4.69) is 45.8 Å². The lowest BCUT2D eigenvalue weighted by Gasteiger charge is -2.23. The summed E-state index contributed by atoms with van der Waals surface area (Å²) in [6.45, 7) is 2.60. The van der Waals surface area contributed by atoms with Gasteiger partial charge in [0.25, 0.3) is 5.91 Å². The average Bonchev–Trinajstić information content (AvgIpc) is 3.25. The van der Waals surface area contributed by atoms with E-state index >= 15 is 0 Å². The van der Waals surface area contributed by atoms with Gasteiger partial charge in [-0.25, -0.2) is 0 Å². The Hall–Kier alpha value is -2.44. The number of nitrogens with one attached hydrogen (secondary N) is 1. The smallest absolute Gasteiger partial charge is 0.271 e. The fraction of sp³-hybridized carbons (Fsp3) is 0.300. The first-order chi connectivity index (χ1) is 12.5. The van der Waals surface area contributed by atoms with Crippen molar-refractivity contribution in [2.24, 2.45) is 7.05 Å². The molecule has 1 amide bonds. The number of carbonyl (C=O) groups is 1. The first-order valence-electron chi connectivity index (χ1n) is 8.55. The highest BCUT2D eigenvalue weighted by molar-refractivity contribution is 7.10. The van der Waals surface area contributed by atoms with Crippen molar-refractivity contribution in [3.05, 3.63) is 64.0 Å². The summed E-state index contributed by atoms with van der Waals surface area (Å²) in [4.78, 5) is 15.9. The number of benzene rings is 1. The van der Waals surface area contributed by atoms with Crippen LogP contribution in [-0.2, 0) is 7.05 Å². The molecule has 2 aromatic heterocycles. The molecule has 1 atom stereocenters. The van der Waals surface area contributed by atoms with Crippen molar-refractivity contribution in [2.45, 2.75) is 13.0 Å². The molecule has 5 nitrogen and oxygen atoms in total. The molecule has 6 heteroatoms. The topological polar surface area (TPSA) is 50.2 Å². The average molecular weight is 369 g/mol. The Morgan fingerprint density at radius 1 is 1.27 bits per heavy atom. The van der Waals surface area contributed by atoms with Gasteiger partial charge >= 0.3 is 0 Å². The van der Waals surface area contributed by atoms with Gasteiger partial charge in [-0.05, 0) is 44.1 Å². The van der Waals surface area contributed by atoms with Crippen LogP contribution < -0.4 is 5.32 Å². The van der Waals surface area contributed by atoms with Gasteiger partial charge in [-0.1, -0.05) is 35.9 Å². The Kier molecular flexibility index (Phi) is 5.54. The lowest BCUT2D eigenvalue weighted by molar-refractivity contribution is 0.0936. The van der Waals surface area contributed by atoms with Crippen molar-refractivity contribution in [3.8, 4) is 11.3 Å². The van der Waals surface area contributed by atoms with Crippen LogP contribution in [0.15, 0.2) is 47.8 Å². The quantitative estimate of drug-likeness (QED) is 0.725. The summed E-state index contributed by atoms with van der Waals surface area (Å²) < 4.78 is 1.75. The van der Waals surface area contributed by atoms with Crippen LogP contribution in [0.4, 0.5) is 0 Å². The molecule has 0 spiro atoms.